The van der Waals surface area contributed by atoms with Crippen LogP contribution in [-0.2, 0) is 38.1 Å². The molecule has 0 aromatic rings. The molecule has 0 amide bonds. The van der Waals surface area contributed by atoms with Crippen molar-refractivity contribution in [2.75, 3.05) is 19.3 Å². The lowest BCUT2D eigenvalue weighted by Crippen LogP contribution is -2.32. The summed E-state index contributed by atoms with van der Waals surface area (Å²) >= 11 is 0. The van der Waals surface area contributed by atoms with Gasteiger partial charge in [0.25, 0.3) is 20.2 Å². The zero-order chi connectivity index (χ0) is 11.7. The van der Waals surface area contributed by atoms with Gasteiger partial charge in [-0.3, -0.25) is 0 Å². The van der Waals surface area contributed by atoms with Crippen LogP contribution in [0.3, 0.4) is 0 Å². The van der Waals surface area contributed by atoms with Crippen LogP contribution in [0.2, 0.25) is 0 Å². The van der Waals surface area contributed by atoms with Gasteiger partial charge in [0.05, 0.1) is 12.5 Å². The van der Waals surface area contributed by atoms with Crippen LogP contribution in [0.4, 0.5) is 0 Å². The lowest BCUT2D eigenvalue weighted by atomic mass is 10.6. The first-order valence-electron chi connectivity index (χ1n) is 3.67. The van der Waals surface area contributed by atoms with E-state index in [0.717, 1.165) is 12.5 Å². The Morgan fingerprint density at radius 2 is 1.27 bits per heavy atom. The van der Waals surface area contributed by atoms with Gasteiger partial charge in [-0.25, -0.2) is 8.37 Å². The van der Waals surface area contributed by atoms with Crippen molar-refractivity contribution in [3.05, 3.63) is 0 Å². The van der Waals surface area contributed by atoms with E-state index in [1.54, 1.807) is 0 Å². The molecule has 1 aliphatic rings. The predicted molar refractivity (Wildman–Crippen MR) is 46.5 cm³/mol. The van der Waals surface area contributed by atoms with Crippen LogP contribution >= 0.6 is 0 Å². The smallest absolute Gasteiger partial charge is 0.267 e. The zero-order valence-electron chi connectivity index (χ0n) is 7.94. The van der Waals surface area contributed by atoms with Crippen LogP contribution in [0.25, 0.3) is 0 Å². The minimum absolute atomic E-state index is 0.305. The topological polar surface area (TPSA) is 105 Å². The maximum absolute atomic E-state index is 10.7. The van der Waals surface area contributed by atoms with E-state index >= 15 is 0 Å². The van der Waals surface area contributed by atoms with Crippen LogP contribution < -0.4 is 0 Å². The minimum Gasteiger partial charge on any atom is -0.320 e. The quantitative estimate of drug-likeness (QED) is 0.569. The Kier molecular flexibility index (Phi) is 3.68. The largest absolute Gasteiger partial charge is 0.320 e. The highest BCUT2D eigenvalue weighted by Crippen LogP contribution is 2.18. The Balaban J connectivity index is 2.66. The van der Waals surface area contributed by atoms with Crippen LogP contribution in [-0.4, -0.2) is 48.7 Å². The van der Waals surface area contributed by atoms with Gasteiger partial charge in [-0.15, -0.1) is 0 Å². The Bertz CT molecular complexity index is 368. The van der Waals surface area contributed by atoms with Crippen molar-refractivity contribution < 1.29 is 34.7 Å². The SMILES string of the molecule is CS(=O)(=O)OC1OCOC1OS(C)(=O)=O. The summed E-state index contributed by atoms with van der Waals surface area (Å²) in [5.74, 6) is 0. The molecule has 1 saturated heterocycles. The number of rotatable bonds is 4. The van der Waals surface area contributed by atoms with Crippen molar-refractivity contribution in [3.8, 4) is 0 Å². The fourth-order valence-corrected chi connectivity index (χ4v) is 1.80. The zero-order valence-corrected chi connectivity index (χ0v) is 9.58. The van der Waals surface area contributed by atoms with E-state index in [-0.39, 0.29) is 6.79 Å². The van der Waals surface area contributed by atoms with E-state index in [0.29, 0.717) is 0 Å². The predicted octanol–water partition coefficient (Wildman–Crippen LogP) is -1.40. The minimum atomic E-state index is -3.78. The molecule has 0 aliphatic carbocycles. The monoisotopic (exact) mass is 262 g/mol. The van der Waals surface area contributed by atoms with Gasteiger partial charge in [0, 0.05) is 0 Å². The molecule has 1 fully saturated rings. The second-order valence-electron chi connectivity index (χ2n) is 2.79. The summed E-state index contributed by atoms with van der Waals surface area (Å²) in [6, 6.07) is 0. The first-order chi connectivity index (χ1) is 6.67. The van der Waals surface area contributed by atoms with Gasteiger partial charge in [-0.1, -0.05) is 0 Å². The average molecular weight is 262 g/mol. The molecule has 0 saturated carbocycles. The lowest BCUT2D eigenvalue weighted by molar-refractivity contribution is -0.0975. The Morgan fingerprint density at radius 1 is 0.933 bits per heavy atom. The van der Waals surface area contributed by atoms with Gasteiger partial charge in [-0.2, -0.15) is 16.8 Å². The summed E-state index contributed by atoms with van der Waals surface area (Å²) in [6.45, 7) is -0.305. The van der Waals surface area contributed by atoms with Crippen molar-refractivity contribution in [2.45, 2.75) is 12.6 Å². The Labute approximate surface area is 87.3 Å². The molecule has 0 spiro atoms. The maximum atomic E-state index is 10.7. The highest BCUT2D eigenvalue weighted by molar-refractivity contribution is 7.86. The second-order valence-corrected chi connectivity index (χ2v) is 5.99. The molecule has 0 bridgehead atoms. The molecule has 0 radical (unpaired) electrons. The van der Waals surface area contributed by atoms with Gasteiger partial charge in [-0.05, 0) is 0 Å². The van der Waals surface area contributed by atoms with Crippen molar-refractivity contribution in [3.63, 3.8) is 0 Å². The van der Waals surface area contributed by atoms with E-state index in [1.807, 2.05) is 0 Å². The van der Waals surface area contributed by atoms with Crippen molar-refractivity contribution in [1.82, 2.24) is 0 Å². The number of hydrogen-bond acceptors (Lipinski definition) is 8. The van der Waals surface area contributed by atoms with Crippen molar-refractivity contribution in [2.24, 2.45) is 0 Å². The Morgan fingerprint density at radius 3 is 1.53 bits per heavy atom. The van der Waals surface area contributed by atoms with Crippen LogP contribution in [0.5, 0.6) is 0 Å². The van der Waals surface area contributed by atoms with Gasteiger partial charge < -0.3 is 9.47 Å². The third kappa shape index (κ3) is 4.86. The van der Waals surface area contributed by atoms with Gasteiger partial charge in [0.2, 0.25) is 12.6 Å². The van der Waals surface area contributed by atoms with E-state index in [2.05, 4.69) is 17.8 Å². The first kappa shape index (κ1) is 12.8. The summed E-state index contributed by atoms with van der Waals surface area (Å²) < 4.78 is 61.1. The molecule has 0 N–H and O–H groups in total. The molecule has 0 aromatic carbocycles. The summed E-state index contributed by atoms with van der Waals surface area (Å²) in [6.07, 6.45) is -1.22. The van der Waals surface area contributed by atoms with E-state index in [4.69, 9.17) is 0 Å². The molecule has 2 atom stereocenters. The number of hydrogen-bond donors (Lipinski definition) is 0. The standard InChI is InChI=1S/C5H10O8S2/c1-14(6,7)12-4-5(11-3-10-4)13-15(2,8)9/h4-5H,3H2,1-2H3. The van der Waals surface area contributed by atoms with Crippen molar-refractivity contribution in [1.29, 1.82) is 0 Å². The van der Waals surface area contributed by atoms with Gasteiger partial charge in [0.15, 0.2) is 6.79 Å². The highest BCUT2D eigenvalue weighted by atomic mass is 32.2. The molecule has 90 valence electrons. The third-order valence-electron chi connectivity index (χ3n) is 1.23. The molecule has 1 aliphatic heterocycles. The summed E-state index contributed by atoms with van der Waals surface area (Å²) in [4.78, 5) is 0. The van der Waals surface area contributed by atoms with Gasteiger partial charge in [0.1, 0.15) is 0 Å². The molecule has 10 heteroatoms. The molecule has 0 aromatic heterocycles. The van der Waals surface area contributed by atoms with E-state index < -0.39 is 32.8 Å². The average Bonchev–Trinajstić information content (AvgIpc) is 2.29. The van der Waals surface area contributed by atoms with Crippen LogP contribution in [0.15, 0.2) is 0 Å². The summed E-state index contributed by atoms with van der Waals surface area (Å²) in [7, 11) is -7.55. The highest BCUT2D eigenvalue weighted by Gasteiger charge is 2.36. The van der Waals surface area contributed by atoms with Crippen LogP contribution in [0.1, 0.15) is 0 Å². The molecule has 15 heavy (non-hydrogen) atoms. The summed E-state index contributed by atoms with van der Waals surface area (Å²) in [5.41, 5.74) is 0. The van der Waals surface area contributed by atoms with E-state index in [9.17, 15) is 16.8 Å². The van der Waals surface area contributed by atoms with Crippen molar-refractivity contribution >= 4 is 20.2 Å². The van der Waals surface area contributed by atoms with Gasteiger partial charge >= 0.3 is 0 Å². The molecule has 1 heterocycles. The molecule has 8 nitrogen and oxygen atoms in total. The fourth-order valence-electron chi connectivity index (χ4n) is 0.821. The lowest BCUT2D eigenvalue weighted by Gasteiger charge is -2.14. The van der Waals surface area contributed by atoms with E-state index in [1.165, 1.54) is 0 Å². The molecule has 1 rings (SSSR count). The molecular weight excluding hydrogens is 252 g/mol. The normalized spacial score (nSPS) is 28.1. The molecule has 2 unspecified atom stereocenters. The Hall–Kier alpha value is -0.260. The first-order valence-corrected chi connectivity index (χ1v) is 7.30. The van der Waals surface area contributed by atoms with Crippen LogP contribution in [0, 0.1) is 0 Å². The summed E-state index contributed by atoms with van der Waals surface area (Å²) in [5, 5.41) is 0. The number of ether oxygens (including phenoxy) is 2. The second kappa shape index (κ2) is 4.31. The fraction of sp³-hybridized carbons (Fsp3) is 1.00. The third-order valence-corrected chi connectivity index (χ3v) is 2.30. The molecular formula is C5H10O8S2. The maximum Gasteiger partial charge on any atom is 0.267 e.